The van der Waals surface area contributed by atoms with Gasteiger partial charge in [0.15, 0.2) is 0 Å². The molecule has 16 heavy (non-hydrogen) atoms. The predicted molar refractivity (Wildman–Crippen MR) is 59.8 cm³/mol. The number of amides is 1. The van der Waals surface area contributed by atoms with E-state index in [1.54, 1.807) is 17.0 Å². The topological polar surface area (TPSA) is 32.3 Å². The summed E-state index contributed by atoms with van der Waals surface area (Å²) in [6.45, 7) is 4.12. The van der Waals surface area contributed by atoms with Crippen LogP contribution in [0.4, 0.5) is 4.39 Å². The largest absolute Gasteiger partial charge is 0.333 e. The lowest BCUT2D eigenvalue weighted by molar-refractivity contribution is 0.0625. The molecule has 1 saturated heterocycles. The van der Waals surface area contributed by atoms with Crippen molar-refractivity contribution in [1.29, 1.82) is 0 Å². The fraction of sp³-hybridized carbons (Fsp3) is 0.417. The second-order valence-corrected chi connectivity index (χ2v) is 3.88. The Morgan fingerprint density at radius 1 is 1.50 bits per heavy atom. The molecule has 4 heteroatoms. The highest BCUT2D eigenvalue weighted by molar-refractivity contribution is 5.94. The molecule has 1 N–H and O–H groups in total. The molecule has 0 unspecified atom stereocenters. The normalized spacial score (nSPS) is 15.6. The summed E-state index contributed by atoms with van der Waals surface area (Å²) in [7, 11) is 0. The van der Waals surface area contributed by atoms with Crippen molar-refractivity contribution in [2.45, 2.75) is 13.0 Å². The van der Waals surface area contributed by atoms with E-state index < -0.39 is 5.82 Å². The molecule has 1 aromatic carbocycles. The van der Waals surface area contributed by atoms with Gasteiger partial charge in [-0.15, -0.1) is 0 Å². The molecular formula is C12H15FN2O. The highest BCUT2D eigenvalue weighted by Crippen LogP contribution is 2.13. The number of rotatable bonds is 3. The van der Waals surface area contributed by atoms with Crippen LogP contribution in [-0.2, 0) is 0 Å². The van der Waals surface area contributed by atoms with Crippen molar-refractivity contribution < 1.29 is 9.18 Å². The Labute approximate surface area is 94.3 Å². The molecule has 86 valence electrons. The average molecular weight is 222 g/mol. The molecular weight excluding hydrogens is 207 g/mol. The maximum absolute atomic E-state index is 13.5. The van der Waals surface area contributed by atoms with Crippen LogP contribution in [0.2, 0.25) is 0 Å². The molecule has 1 aliphatic rings. The summed E-state index contributed by atoms with van der Waals surface area (Å²) in [5.41, 5.74) is 0.163. The number of carbonyl (C=O) groups excluding carboxylic acids is 1. The van der Waals surface area contributed by atoms with E-state index >= 15 is 0 Å². The third kappa shape index (κ3) is 1.93. The van der Waals surface area contributed by atoms with Gasteiger partial charge < -0.3 is 10.2 Å². The second-order valence-electron chi connectivity index (χ2n) is 3.88. The Morgan fingerprint density at radius 3 is 2.69 bits per heavy atom. The standard InChI is InChI=1S/C12H15FN2O/c1-2-15(9-7-14-8-9)12(16)10-5-3-4-6-11(10)13/h3-6,9,14H,2,7-8H2,1H3. The lowest BCUT2D eigenvalue weighted by atomic mass is 10.1. The Bertz CT molecular complexity index is 390. The third-order valence-electron chi connectivity index (χ3n) is 2.91. The van der Waals surface area contributed by atoms with Gasteiger partial charge in [0.2, 0.25) is 0 Å². The van der Waals surface area contributed by atoms with Gasteiger partial charge in [-0.1, -0.05) is 12.1 Å². The van der Waals surface area contributed by atoms with E-state index in [1.165, 1.54) is 12.1 Å². The molecule has 1 heterocycles. The van der Waals surface area contributed by atoms with Crippen LogP contribution < -0.4 is 5.32 Å². The summed E-state index contributed by atoms with van der Waals surface area (Å²) in [5, 5.41) is 3.11. The first-order valence-electron chi connectivity index (χ1n) is 5.50. The van der Waals surface area contributed by atoms with Crippen LogP contribution >= 0.6 is 0 Å². The average Bonchev–Trinajstić information content (AvgIpc) is 2.23. The molecule has 0 saturated carbocycles. The van der Waals surface area contributed by atoms with E-state index in [4.69, 9.17) is 0 Å². The van der Waals surface area contributed by atoms with Crippen molar-refractivity contribution in [3.63, 3.8) is 0 Å². The van der Waals surface area contributed by atoms with E-state index in [1.807, 2.05) is 6.92 Å². The number of carbonyl (C=O) groups is 1. The number of likely N-dealkylation sites (N-methyl/N-ethyl adjacent to an activating group) is 1. The number of nitrogens with zero attached hydrogens (tertiary/aromatic N) is 1. The summed E-state index contributed by atoms with van der Waals surface area (Å²) in [6.07, 6.45) is 0. The highest BCUT2D eigenvalue weighted by atomic mass is 19.1. The molecule has 1 aromatic rings. The number of halogens is 1. The predicted octanol–water partition coefficient (Wildman–Crippen LogP) is 1.26. The van der Waals surface area contributed by atoms with Crippen LogP contribution in [0, 0.1) is 5.82 Å². The quantitative estimate of drug-likeness (QED) is 0.835. The van der Waals surface area contributed by atoms with Gasteiger partial charge in [-0.25, -0.2) is 4.39 Å². The number of nitrogens with one attached hydrogen (secondary N) is 1. The zero-order valence-electron chi connectivity index (χ0n) is 9.24. The van der Waals surface area contributed by atoms with E-state index in [2.05, 4.69) is 5.32 Å². The first-order chi connectivity index (χ1) is 7.74. The van der Waals surface area contributed by atoms with Crippen molar-refractivity contribution in [2.75, 3.05) is 19.6 Å². The number of hydrogen-bond donors (Lipinski definition) is 1. The minimum atomic E-state index is -0.446. The lowest BCUT2D eigenvalue weighted by Gasteiger charge is -2.37. The van der Waals surface area contributed by atoms with Crippen LogP contribution in [0.1, 0.15) is 17.3 Å². The fourth-order valence-electron chi connectivity index (χ4n) is 1.85. The fourth-order valence-corrected chi connectivity index (χ4v) is 1.85. The second kappa shape index (κ2) is 4.61. The van der Waals surface area contributed by atoms with Gasteiger partial charge in [0.1, 0.15) is 5.82 Å². The molecule has 0 aromatic heterocycles. The van der Waals surface area contributed by atoms with Crippen LogP contribution in [0.25, 0.3) is 0 Å². The minimum absolute atomic E-state index is 0.163. The smallest absolute Gasteiger partial charge is 0.257 e. The first-order valence-corrected chi connectivity index (χ1v) is 5.50. The van der Waals surface area contributed by atoms with Gasteiger partial charge >= 0.3 is 0 Å². The Hall–Kier alpha value is -1.42. The maximum atomic E-state index is 13.5. The molecule has 0 bridgehead atoms. The lowest BCUT2D eigenvalue weighted by Crippen LogP contribution is -2.58. The highest BCUT2D eigenvalue weighted by Gasteiger charge is 2.28. The van der Waals surface area contributed by atoms with Crippen molar-refractivity contribution in [3.05, 3.63) is 35.6 Å². The number of hydrogen-bond acceptors (Lipinski definition) is 2. The summed E-state index contributed by atoms with van der Waals surface area (Å²) in [4.78, 5) is 13.8. The van der Waals surface area contributed by atoms with Crippen molar-refractivity contribution in [3.8, 4) is 0 Å². The Balaban J connectivity index is 2.19. The van der Waals surface area contributed by atoms with E-state index in [-0.39, 0.29) is 17.5 Å². The zero-order chi connectivity index (χ0) is 11.5. The van der Waals surface area contributed by atoms with Crippen LogP contribution in [0.3, 0.4) is 0 Å². The van der Waals surface area contributed by atoms with Crippen LogP contribution in [-0.4, -0.2) is 36.5 Å². The van der Waals surface area contributed by atoms with Gasteiger partial charge in [0, 0.05) is 19.6 Å². The Morgan fingerprint density at radius 2 is 2.19 bits per heavy atom. The number of benzene rings is 1. The summed E-state index contributed by atoms with van der Waals surface area (Å²) < 4.78 is 13.5. The van der Waals surface area contributed by atoms with Gasteiger partial charge in [0.25, 0.3) is 5.91 Å². The zero-order valence-corrected chi connectivity index (χ0v) is 9.24. The van der Waals surface area contributed by atoms with E-state index in [0.29, 0.717) is 6.54 Å². The molecule has 0 spiro atoms. The summed E-state index contributed by atoms with van der Waals surface area (Å²) in [6, 6.07) is 6.33. The monoisotopic (exact) mass is 222 g/mol. The van der Waals surface area contributed by atoms with E-state index in [9.17, 15) is 9.18 Å². The molecule has 3 nitrogen and oxygen atoms in total. The maximum Gasteiger partial charge on any atom is 0.257 e. The molecule has 1 fully saturated rings. The minimum Gasteiger partial charge on any atom is -0.333 e. The molecule has 0 atom stereocenters. The SMILES string of the molecule is CCN(C(=O)c1ccccc1F)C1CNC1. The van der Waals surface area contributed by atoms with Gasteiger partial charge in [-0.3, -0.25) is 4.79 Å². The molecule has 1 aliphatic heterocycles. The first kappa shape index (κ1) is 11.1. The Kier molecular flexibility index (Phi) is 3.19. The van der Waals surface area contributed by atoms with Crippen LogP contribution in [0.15, 0.2) is 24.3 Å². The molecule has 1 amide bonds. The van der Waals surface area contributed by atoms with Crippen LogP contribution in [0.5, 0.6) is 0 Å². The summed E-state index contributed by atoms with van der Waals surface area (Å²) >= 11 is 0. The van der Waals surface area contributed by atoms with E-state index in [0.717, 1.165) is 13.1 Å². The molecule has 0 radical (unpaired) electrons. The molecule has 0 aliphatic carbocycles. The summed E-state index contributed by atoms with van der Waals surface area (Å²) in [5.74, 6) is -0.662. The van der Waals surface area contributed by atoms with Gasteiger partial charge in [0.05, 0.1) is 11.6 Å². The van der Waals surface area contributed by atoms with Crippen molar-refractivity contribution >= 4 is 5.91 Å². The van der Waals surface area contributed by atoms with Gasteiger partial charge in [-0.05, 0) is 19.1 Å². The van der Waals surface area contributed by atoms with Crippen molar-refractivity contribution in [2.24, 2.45) is 0 Å². The van der Waals surface area contributed by atoms with Gasteiger partial charge in [-0.2, -0.15) is 0 Å². The van der Waals surface area contributed by atoms with Crippen molar-refractivity contribution in [1.82, 2.24) is 10.2 Å². The molecule has 2 rings (SSSR count). The third-order valence-corrected chi connectivity index (χ3v) is 2.91.